The maximum Gasteiger partial charge on any atom is 0.217 e. The summed E-state index contributed by atoms with van der Waals surface area (Å²) in [5, 5.41) is 11.2. The van der Waals surface area contributed by atoms with E-state index in [0.717, 1.165) is 0 Å². The monoisotopic (exact) mass is 157 g/mol. The molecular weight excluding hydrogens is 142 g/mol. The van der Waals surface area contributed by atoms with Crippen LogP contribution < -0.4 is 5.32 Å². The molecule has 0 spiro atoms. The van der Waals surface area contributed by atoms with Crippen LogP contribution in [0.5, 0.6) is 0 Å². The lowest BCUT2D eigenvalue weighted by Gasteiger charge is -2.20. The molecule has 3 nitrogen and oxygen atoms in total. The Kier molecular flexibility index (Phi) is 3.82. The summed E-state index contributed by atoms with van der Waals surface area (Å²) in [4.78, 5) is 10.6. The van der Waals surface area contributed by atoms with E-state index >= 15 is 0 Å². The minimum Gasteiger partial charge on any atom is -0.392 e. The smallest absolute Gasteiger partial charge is 0.217 e. The topological polar surface area (TPSA) is 49.3 Å². The van der Waals surface area contributed by atoms with Crippen LogP contribution in [0.1, 0.15) is 20.8 Å². The number of amides is 1. The Morgan fingerprint density at radius 1 is 1.64 bits per heavy atom. The molecule has 0 unspecified atom stereocenters. The van der Waals surface area contributed by atoms with Gasteiger partial charge in [0.25, 0.3) is 0 Å². The van der Waals surface area contributed by atoms with Gasteiger partial charge in [0, 0.05) is 6.92 Å². The highest BCUT2D eigenvalue weighted by molar-refractivity contribution is 5.74. The zero-order valence-corrected chi connectivity index (χ0v) is 7.22. The van der Waals surface area contributed by atoms with Gasteiger partial charge in [0.15, 0.2) is 0 Å². The number of rotatable bonds is 3. The third-order valence-corrected chi connectivity index (χ3v) is 1.14. The fourth-order valence-electron chi connectivity index (χ4n) is 0.843. The molecule has 0 aliphatic carbocycles. The van der Waals surface area contributed by atoms with E-state index in [1.54, 1.807) is 12.2 Å². The second kappa shape index (κ2) is 4.13. The summed E-state index contributed by atoms with van der Waals surface area (Å²) in [5.74, 6) is -0.0717. The van der Waals surface area contributed by atoms with Gasteiger partial charge in [0.1, 0.15) is 0 Å². The second-order valence-corrected chi connectivity index (χ2v) is 2.99. The van der Waals surface area contributed by atoms with Gasteiger partial charge in [-0.3, -0.25) is 4.79 Å². The van der Waals surface area contributed by atoms with Crippen molar-refractivity contribution >= 4 is 5.91 Å². The van der Waals surface area contributed by atoms with Gasteiger partial charge >= 0.3 is 0 Å². The van der Waals surface area contributed by atoms with Gasteiger partial charge in [-0.15, -0.1) is 0 Å². The van der Waals surface area contributed by atoms with E-state index in [1.807, 2.05) is 13.8 Å². The van der Waals surface area contributed by atoms with E-state index in [1.165, 1.54) is 6.92 Å². The van der Waals surface area contributed by atoms with E-state index in [4.69, 9.17) is 5.11 Å². The molecule has 0 aliphatic rings. The zero-order chi connectivity index (χ0) is 8.91. The third-order valence-electron chi connectivity index (χ3n) is 1.14. The minimum absolute atomic E-state index is 0.00299. The van der Waals surface area contributed by atoms with Crippen molar-refractivity contribution in [1.82, 2.24) is 5.32 Å². The van der Waals surface area contributed by atoms with Gasteiger partial charge in [-0.05, 0) is 13.8 Å². The molecule has 0 aliphatic heterocycles. The van der Waals surface area contributed by atoms with Crippen LogP contribution in [0, 0.1) is 0 Å². The Bertz CT molecular complexity index is 161. The molecule has 1 amide bonds. The highest BCUT2D eigenvalue weighted by atomic mass is 16.2. The average Bonchev–Trinajstić information content (AvgIpc) is 1.81. The lowest BCUT2D eigenvalue weighted by molar-refractivity contribution is -0.120. The molecule has 0 radical (unpaired) electrons. The summed E-state index contributed by atoms with van der Waals surface area (Å²) in [7, 11) is 0. The van der Waals surface area contributed by atoms with Crippen molar-refractivity contribution < 1.29 is 9.90 Å². The van der Waals surface area contributed by atoms with Gasteiger partial charge in [0.05, 0.1) is 12.1 Å². The first-order valence-electron chi connectivity index (χ1n) is 3.55. The Balaban J connectivity index is 3.99. The number of aliphatic hydroxyl groups is 1. The lowest BCUT2D eigenvalue weighted by atomic mass is 10.1. The fourth-order valence-corrected chi connectivity index (χ4v) is 0.843. The number of carbonyl (C=O) groups is 1. The highest BCUT2D eigenvalue weighted by Crippen LogP contribution is 2.02. The van der Waals surface area contributed by atoms with Crippen LogP contribution in [0.3, 0.4) is 0 Å². The van der Waals surface area contributed by atoms with Crippen LogP contribution in [-0.2, 0) is 4.79 Å². The van der Waals surface area contributed by atoms with Crippen molar-refractivity contribution in [2.24, 2.45) is 0 Å². The van der Waals surface area contributed by atoms with Gasteiger partial charge < -0.3 is 10.4 Å². The number of carbonyl (C=O) groups excluding carboxylic acids is 1. The van der Waals surface area contributed by atoms with Crippen LogP contribution >= 0.6 is 0 Å². The molecule has 2 N–H and O–H groups in total. The minimum atomic E-state index is -0.367. The molecule has 11 heavy (non-hydrogen) atoms. The first-order chi connectivity index (χ1) is 4.98. The van der Waals surface area contributed by atoms with Crippen LogP contribution in [0.25, 0.3) is 0 Å². The first kappa shape index (κ1) is 10.2. The Hall–Kier alpha value is -0.830. The molecule has 0 aromatic heterocycles. The average molecular weight is 157 g/mol. The summed E-state index contributed by atoms with van der Waals surface area (Å²) < 4.78 is 0. The van der Waals surface area contributed by atoms with Gasteiger partial charge in [0.2, 0.25) is 5.91 Å². The first-order valence-corrected chi connectivity index (χ1v) is 3.55. The molecule has 0 heterocycles. The molecule has 0 aromatic carbocycles. The van der Waals surface area contributed by atoms with Crippen LogP contribution in [-0.4, -0.2) is 23.2 Å². The van der Waals surface area contributed by atoms with E-state index in [2.05, 4.69) is 5.32 Å². The van der Waals surface area contributed by atoms with E-state index < -0.39 is 0 Å². The van der Waals surface area contributed by atoms with E-state index in [-0.39, 0.29) is 18.1 Å². The summed E-state index contributed by atoms with van der Waals surface area (Å²) in [6.07, 6.45) is 3.37. The number of aliphatic hydroxyl groups excluding tert-OH is 1. The van der Waals surface area contributed by atoms with Crippen molar-refractivity contribution in [3.05, 3.63) is 12.2 Å². The lowest BCUT2D eigenvalue weighted by Crippen LogP contribution is -2.40. The third kappa shape index (κ3) is 5.61. The van der Waals surface area contributed by atoms with Gasteiger partial charge in [-0.25, -0.2) is 0 Å². The summed E-state index contributed by atoms with van der Waals surface area (Å²) in [6, 6.07) is 0. The number of hydrogen-bond donors (Lipinski definition) is 2. The van der Waals surface area contributed by atoms with Crippen molar-refractivity contribution in [3.63, 3.8) is 0 Å². The quantitative estimate of drug-likeness (QED) is 0.584. The van der Waals surface area contributed by atoms with Gasteiger partial charge in [-0.2, -0.15) is 0 Å². The molecule has 3 heteroatoms. The van der Waals surface area contributed by atoms with E-state index in [0.29, 0.717) is 0 Å². The molecule has 0 fully saturated rings. The van der Waals surface area contributed by atoms with Crippen LogP contribution in [0.15, 0.2) is 12.2 Å². The second-order valence-electron chi connectivity index (χ2n) is 2.99. The standard InChI is InChI=1S/C8H15NO2/c1-7(11)9-8(2,3)5-4-6-10/h4-5,10H,6H2,1-3H3,(H,9,11)/b5-4+. The molecule has 0 saturated carbocycles. The molecule has 64 valence electrons. The SMILES string of the molecule is CC(=O)NC(C)(C)/C=C/CO. The number of nitrogens with one attached hydrogen (secondary N) is 1. The number of hydrogen-bond acceptors (Lipinski definition) is 2. The van der Waals surface area contributed by atoms with Crippen molar-refractivity contribution in [1.29, 1.82) is 0 Å². The van der Waals surface area contributed by atoms with Gasteiger partial charge in [-0.1, -0.05) is 12.2 Å². The molecule has 0 rings (SSSR count). The molecule has 0 saturated heterocycles. The maximum absolute atomic E-state index is 10.6. The van der Waals surface area contributed by atoms with Crippen molar-refractivity contribution in [2.75, 3.05) is 6.61 Å². The summed E-state index contributed by atoms with van der Waals surface area (Å²) in [5.41, 5.74) is -0.367. The van der Waals surface area contributed by atoms with Crippen molar-refractivity contribution in [3.8, 4) is 0 Å². The predicted molar refractivity (Wildman–Crippen MR) is 44.1 cm³/mol. The van der Waals surface area contributed by atoms with E-state index in [9.17, 15) is 4.79 Å². The Morgan fingerprint density at radius 3 is 2.55 bits per heavy atom. The Morgan fingerprint density at radius 2 is 2.18 bits per heavy atom. The largest absolute Gasteiger partial charge is 0.392 e. The zero-order valence-electron chi connectivity index (χ0n) is 7.22. The maximum atomic E-state index is 10.6. The normalized spacial score (nSPS) is 12.0. The molecule has 0 atom stereocenters. The highest BCUT2D eigenvalue weighted by Gasteiger charge is 2.13. The predicted octanol–water partition coefficient (Wildman–Crippen LogP) is 0.450. The molecular formula is C8H15NO2. The van der Waals surface area contributed by atoms with Crippen LogP contribution in [0.2, 0.25) is 0 Å². The van der Waals surface area contributed by atoms with Crippen molar-refractivity contribution in [2.45, 2.75) is 26.3 Å². The summed E-state index contributed by atoms with van der Waals surface area (Å²) in [6.45, 7) is 5.19. The Labute approximate surface area is 67.1 Å². The molecule has 0 aromatic rings. The summed E-state index contributed by atoms with van der Waals surface area (Å²) >= 11 is 0. The molecule has 0 bridgehead atoms. The fraction of sp³-hybridized carbons (Fsp3) is 0.625. The van der Waals surface area contributed by atoms with Crippen LogP contribution in [0.4, 0.5) is 0 Å².